The van der Waals surface area contributed by atoms with Gasteiger partial charge in [0.25, 0.3) is 0 Å². The second kappa shape index (κ2) is 5.59. The summed E-state index contributed by atoms with van der Waals surface area (Å²) in [7, 11) is 3.96. The molecule has 6 heteroatoms. The molecule has 16 heavy (non-hydrogen) atoms. The number of anilines is 1. The Hall–Kier alpha value is -2.24. The van der Waals surface area contributed by atoms with E-state index in [4.69, 9.17) is 11.6 Å². The summed E-state index contributed by atoms with van der Waals surface area (Å²) in [6, 6.07) is 7.91. The van der Waals surface area contributed by atoms with Gasteiger partial charge in [0.15, 0.2) is 0 Å². The van der Waals surface area contributed by atoms with Crippen LogP contribution in [0.3, 0.4) is 0 Å². The van der Waals surface area contributed by atoms with Crippen molar-refractivity contribution in [2.45, 2.75) is 0 Å². The van der Waals surface area contributed by atoms with Gasteiger partial charge >= 0.3 is 0 Å². The summed E-state index contributed by atoms with van der Waals surface area (Å²) in [5.74, 6) is 5.00. The number of hydrogen-bond acceptors (Lipinski definition) is 4. The second-order valence-electron chi connectivity index (χ2n) is 3.37. The predicted molar refractivity (Wildman–Crippen MR) is 67.3 cm³/mol. The molecule has 0 amide bonds. The third-order valence-corrected chi connectivity index (χ3v) is 1.92. The molecule has 0 saturated carbocycles. The average molecular weight is 220 g/mol. The van der Waals surface area contributed by atoms with Crippen LogP contribution in [0, 0.1) is 0 Å². The lowest BCUT2D eigenvalue weighted by Crippen LogP contribution is -2.28. The maximum absolute atomic E-state index is 5.31. The minimum absolute atomic E-state index is 0.0695. The van der Waals surface area contributed by atoms with E-state index in [1.54, 1.807) is 6.21 Å². The lowest BCUT2D eigenvalue weighted by atomic mass is 10.2. The van der Waals surface area contributed by atoms with Crippen LogP contribution in [0.15, 0.2) is 34.5 Å². The lowest BCUT2D eigenvalue weighted by Gasteiger charge is -2.12. The molecule has 0 aromatic heterocycles. The number of nitrogens with zero attached hydrogens (tertiary/aromatic N) is 3. The van der Waals surface area contributed by atoms with Crippen molar-refractivity contribution in [2.24, 2.45) is 21.8 Å². The molecule has 5 N–H and O–H groups in total. The summed E-state index contributed by atoms with van der Waals surface area (Å²) < 4.78 is 0. The van der Waals surface area contributed by atoms with Gasteiger partial charge in [0.1, 0.15) is 0 Å². The summed E-state index contributed by atoms with van der Waals surface area (Å²) in [5.41, 5.74) is 9.86. The zero-order valence-corrected chi connectivity index (χ0v) is 9.38. The standard InChI is InChI=1S/C10H16N6/c1-16(2)9-5-3-4-8(6-9)7-13-15-10(11)14-12/h3-7H,12H2,1-2H3,(H3,11,14,15). The van der Waals surface area contributed by atoms with Crippen LogP contribution in [-0.4, -0.2) is 26.3 Å². The first kappa shape index (κ1) is 11.8. The van der Waals surface area contributed by atoms with Crippen LogP contribution >= 0.6 is 0 Å². The Balaban J connectivity index is 2.70. The number of hydrazone groups is 2. The molecular weight excluding hydrogens is 204 g/mol. The Kier molecular flexibility index (Phi) is 4.14. The van der Waals surface area contributed by atoms with E-state index in [0.717, 1.165) is 11.3 Å². The number of guanidine groups is 1. The summed E-state index contributed by atoms with van der Waals surface area (Å²) >= 11 is 0. The molecule has 0 unspecified atom stereocenters. The van der Waals surface area contributed by atoms with Crippen molar-refractivity contribution in [3.05, 3.63) is 29.8 Å². The fourth-order valence-electron chi connectivity index (χ4n) is 1.09. The monoisotopic (exact) mass is 220 g/mol. The topological polar surface area (TPSA) is 92.0 Å². The first-order valence-electron chi connectivity index (χ1n) is 4.73. The predicted octanol–water partition coefficient (Wildman–Crippen LogP) is -0.135. The zero-order valence-electron chi connectivity index (χ0n) is 9.38. The quantitative estimate of drug-likeness (QED) is 0.286. The molecule has 0 aliphatic rings. The third kappa shape index (κ3) is 3.49. The van der Waals surface area contributed by atoms with Crippen LogP contribution < -0.4 is 21.9 Å². The van der Waals surface area contributed by atoms with Crippen LogP contribution in [0.1, 0.15) is 5.56 Å². The summed E-state index contributed by atoms with van der Waals surface area (Å²) in [6.07, 6.45) is 1.64. The van der Waals surface area contributed by atoms with Crippen LogP contribution in [0.25, 0.3) is 0 Å². The molecule has 0 aliphatic carbocycles. The molecule has 0 atom stereocenters. The molecule has 0 aliphatic heterocycles. The molecule has 86 valence electrons. The summed E-state index contributed by atoms with van der Waals surface area (Å²) in [5, 5.41) is 7.11. The molecule has 0 fully saturated rings. The maximum Gasteiger partial charge on any atom is 0.231 e. The highest BCUT2D eigenvalue weighted by molar-refractivity contribution is 5.83. The molecule has 0 spiro atoms. The number of nitrogens with one attached hydrogen (secondary N) is 1. The van der Waals surface area contributed by atoms with Gasteiger partial charge in [-0.05, 0) is 17.7 Å². The third-order valence-electron chi connectivity index (χ3n) is 1.92. The first-order valence-corrected chi connectivity index (χ1v) is 4.73. The maximum atomic E-state index is 5.31. The minimum Gasteiger partial charge on any atom is -0.378 e. The number of hydrogen-bond donors (Lipinski definition) is 3. The van der Waals surface area contributed by atoms with E-state index < -0.39 is 0 Å². The van der Waals surface area contributed by atoms with E-state index in [1.807, 2.05) is 43.3 Å². The molecule has 0 radical (unpaired) electrons. The van der Waals surface area contributed by atoms with Gasteiger partial charge in [-0.2, -0.15) is 5.10 Å². The Bertz CT molecular complexity index is 396. The second-order valence-corrected chi connectivity index (χ2v) is 3.37. The lowest BCUT2D eigenvalue weighted by molar-refractivity contribution is 0.993. The average Bonchev–Trinajstić information content (AvgIpc) is 2.29. The fraction of sp³-hybridized carbons (Fsp3) is 0.200. The highest BCUT2D eigenvalue weighted by atomic mass is 15.4. The van der Waals surface area contributed by atoms with Crippen LogP contribution in [-0.2, 0) is 0 Å². The summed E-state index contributed by atoms with van der Waals surface area (Å²) in [6.45, 7) is 0. The Morgan fingerprint density at radius 1 is 1.44 bits per heavy atom. The van der Waals surface area contributed by atoms with Gasteiger partial charge < -0.3 is 16.5 Å². The SMILES string of the molecule is CN(C)c1cccc(C=NNC(N)=NN)c1. The van der Waals surface area contributed by atoms with Crippen LogP contribution in [0.2, 0.25) is 0 Å². The molecule has 0 saturated heterocycles. The van der Waals surface area contributed by atoms with Gasteiger partial charge in [0, 0.05) is 19.8 Å². The zero-order chi connectivity index (χ0) is 12.0. The van der Waals surface area contributed by atoms with Crippen molar-refractivity contribution in [2.75, 3.05) is 19.0 Å². The van der Waals surface area contributed by atoms with Gasteiger partial charge in [0.2, 0.25) is 5.96 Å². The highest BCUT2D eigenvalue weighted by Crippen LogP contribution is 2.11. The van der Waals surface area contributed by atoms with Crippen molar-refractivity contribution in [1.29, 1.82) is 0 Å². The molecule has 0 heterocycles. The van der Waals surface area contributed by atoms with Crippen molar-refractivity contribution in [3.8, 4) is 0 Å². The fourth-order valence-corrected chi connectivity index (χ4v) is 1.09. The smallest absolute Gasteiger partial charge is 0.231 e. The number of nitrogens with two attached hydrogens (primary N) is 2. The molecule has 1 rings (SSSR count). The normalized spacial score (nSPS) is 11.8. The first-order chi connectivity index (χ1) is 7.63. The van der Waals surface area contributed by atoms with E-state index in [0.29, 0.717) is 0 Å². The highest BCUT2D eigenvalue weighted by Gasteiger charge is 1.95. The molecule has 1 aromatic rings. The van der Waals surface area contributed by atoms with E-state index in [1.165, 1.54) is 0 Å². The molecule has 6 nitrogen and oxygen atoms in total. The minimum atomic E-state index is 0.0695. The van der Waals surface area contributed by atoms with Crippen molar-refractivity contribution in [3.63, 3.8) is 0 Å². The van der Waals surface area contributed by atoms with E-state index in [2.05, 4.69) is 15.6 Å². The van der Waals surface area contributed by atoms with E-state index in [-0.39, 0.29) is 5.96 Å². The van der Waals surface area contributed by atoms with Crippen molar-refractivity contribution >= 4 is 17.9 Å². The van der Waals surface area contributed by atoms with Crippen LogP contribution in [0.5, 0.6) is 0 Å². The molecule has 0 bridgehead atoms. The van der Waals surface area contributed by atoms with Crippen molar-refractivity contribution in [1.82, 2.24) is 5.43 Å². The van der Waals surface area contributed by atoms with Gasteiger partial charge in [-0.1, -0.05) is 12.1 Å². The number of rotatable bonds is 3. The van der Waals surface area contributed by atoms with E-state index in [9.17, 15) is 0 Å². The molecular formula is C10H16N6. The Morgan fingerprint density at radius 3 is 2.81 bits per heavy atom. The van der Waals surface area contributed by atoms with Gasteiger partial charge in [0.05, 0.1) is 6.21 Å². The van der Waals surface area contributed by atoms with Gasteiger partial charge in [-0.15, -0.1) is 5.10 Å². The van der Waals surface area contributed by atoms with Crippen LogP contribution in [0.4, 0.5) is 5.69 Å². The van der Waals surface area contributed by atoms with Gasteiger partial charge in [-0.3, -0.25) is 0 Å². The Morgan fingerprint density at radius 2 is 2.19 bits per heavy atom. The summed E-state index contributed by atoms with van der Waals surface area (Å²) in [4.78, 5) is 2.01. The molecule has 1 aromatic carbocycles. The number of benzene rings is 1. The van der Waals surface area contributed by atoms with Crippen molar-refractivity contribution < 1.29 is 0 Å². The van der Waals surface area contributed by atoms with Gasteiger partial charge in [-0.25, -0.2) is 5.43 Å². The Labute approximate surface area is 94.6 Å². The largest absolute Gasteiger partial charge is 0.378 e. The van der Waals surface area contributed by atoms with E-state index >= 15 is 0 Å².